The lowest BCUT2D eigenvalue weighted by atomic mass is 10.1. The lowest BCUT2D eigenvalue weighted by Crippen LogP contribution is -2.46. The Balaban J connectivity index is 1.91. The molecule has 1 aliphatic rings. The Bertz CT molecular complexity index is 335. The van der Waals surface area contributed by atoms with Crippen LogP contribution in [0.1, 0.15) is 12.0 Å². The third-order valence-corrected chi connectivity index (χ3v) is 3.03. The van der Waals surface area contributed by atoms with Gasteiger partial charge in [0.05, 0.1) is 0 Å². The molecule has 2 rings (SSSR count). The molecular weight excluding hydrogens is 210 g/mol. The predicted molar refractivity (Wildman–Crippen MR) is 61.0 cm³/mol. The summed E-state index contributed by atoms with van der Waals surface area (Å²) in [5.41, 5.74) is 1.12. The molecule has 1 aromatic carbocycles. The van der Waals surface area contributed by atoms with Gasteiger partial charge in [0.25, 0.3) is 0 Å². The molecule has 3 heteroatoms. The van der Waals surface area contributed by atoms with Crippen LogP contribution < -0.4 is 0 Å². The zero-order chi connectivity index (χ0) is 10.7. The number of carbonyl (C=O) groups is 1. The van der Waals surface area contributed by atoms with Crippen LogP contribution in [-0.4, -0.2) is 29.3 Å². The first-order valence-corrected chi connectivity index (χ1v) is 5.68. The summed E-state index contributed by atoms with van der Waals surface area (Å²) in [7, 11) is 0. The SMILES string of the molecule is O=C(C(Cl)Cc1ccccc1)N1CCC1. The van der Waals surface area contributed by atoms with Crippen LogP contribution in [0.25, 0.3) is 0 Å². The minimum atomic E-state index is -0.410. The van der Waals surface area contributed by atoms with Crippen molar-refractivity contribution in [3.8, 4) is 0 Å². The van der Waals surface area contributed by atoms with Crippen LogP contribution >= 0.6 is 11.6 Å². The van der Waals surface area contributed by atoms with Gasteiger partial charge in [-0.3, -0.25) is 4.79 Å². The normalized spacial score (nSPS) is 17.0. The summed E-state index contributed by atoms with van der Waals surface area (Å²) in [4.78, 5) is 13.5. The molecular formula is C12H14ClNO. The number of halogens is 1. The number of alkyl halides is 1. The third kappa shape index (κ3) is 2.51. The van der Waals surface area contributed by atoms with E-state index in [1.807, 2.05) is 35.2 Å². The number of carbonyl (C=O) groups excluding carboxylic acids is 1. The van der Waals surface area contributed by atoms with Crippen molar-refractivity contribution >= 4 is 17.5 Å². The van der Waals surface area contributed by atoms with Crippen molar-refractivity contribution in [1.29, 1.82) is 0 Å². The second kappa shape index (κ2) is 4.67. The van der Waals surface area contributed by atoms with Gasteiger partial charge in [0.1, 0.15) is 5.38 Å². The van der Waals surface area contributed by atoms with Crippen molar-refractivity contribution in [2.75, 3.05) is 13.1 Å². The summed E-state index contributed by atoms with van der Waals surface area (Å²) in [6.07, 6.45) is 1.73. The molecule has 1 saturated heterocycles. The van der Waals surface area contributed by atoms with Crippen molar-refractivity contribution in [2.24, 2.45) is 0 Å². The molecule has 15 heavy (non-hydrogen) atoms. The van der Waals surface area contributed by atoms with E-state index in [0.717, 1.165) is 25.1 Å². The molecule has 1 amide bonds. The van der Waals surface area contributed by atoms with E-state index in [9.17, 15) is 4.79 Å². The van der Waals surface area contributed by atoms with Crippen molar-refractivity contribution in [3.05, 3.63) is 35.9 Å². The lowest BCUT2D eigenvalue weighted by Gasteiger charge is -2.32. The van der Waals surface area contributed by atoms with E-state index >= 15 is 0 Å². The molecule has 1 fully saturated rings. The number of hydrogen-bond acceptors (Lipinski definition) is 1. The number of nitrogens with zero attached hydrogens (tertiary/aromatic N) is 1. The number of likely N-dealkylation sites (tertiary alicyclic amines) is 1. The maximum Gasteiger partial charge on any atom is 0.240 e. The van der Waals surface area contributed by atoms with E-state index in [0.29, 0.717) is 6.42 Å². The van der Waals surface area contributed by atoms with Crippen molar-refractivity contribution in [3.63, 3.8) is 0 Å². The van der Waals surface area contributed by atoms with Crippen LogP contribution in [0.5, 0.6) is 0 Å². The Hall–Kier alpha value is -1.02. The fourth-order valence-electron chi connectivity index (χ4n) is 1.64. The number of amides is 1. The first-order valence-electron chi connectivity index (χ1n) is 5.24. The maximum absolute atomic E-state index is 11.7. The van der Waals surface area contributed by atoms with E-state index in [-0.39, 0.29) is 5.91 Å². The molecule has 0 bridgehead atoms. The Labute approximate surface area is 94.8 Å². The highest BCUT2D eigenvalue weighted by Crippen LogP contribution is 2.15. The van der Waals surface area contributed by atoms with Crippen molar-refractivity contribution < 1.29 is 4.79 Å². The Kier molecular flexibility index (Phi) is 3.27. The Morgan fingerprint density at radius 3 is 2.53 bits per heavy atom. The summed E-state index contributed by atoms with van der Waals surface area (Å²) in [5, 5.41) is -0.410. The van der Waals surface area contributed by atoms with Gasteiger partial charge < -0.3 is 4.90 Å². The molecule has 1 atom stereocenters. The summed E-state index contributed by atoms with van der Waals surface area (Å²) >= 11 is 6.08. The highest BCUT2D eigenvalue weighted by Gasteiger charge is 2.26. The fourth-order valence-corrected chi connectivity index (χ4v) is 1.96. The first kappa shape index (κ1) is 10.5. The van der Waals surface area contributed by atoms with Crippen molar-refractivity contribution in [2.45, 2.75) is 18.2 Å². The quantitative estimate of drug-likeness (QED) is 0.719. The van der Waals surface area contributed by atoms with Gasteiger partial charge in [0, 0.05) is 13.1 Å². The zero-order valence-corrected chi connectivity index (χ0v) is 9.28. The minimum Gasteiger partial charge on any atom is -0.341 e. The van der Waals surface area contributed by atoms with Gasteiger partial charge in [0.15, 0.2) is 0 Å². The molecule has 0 N–H and O–H groups in total. The van der Waals surface area contributed by atoms with E-state index in [1.165, 1.54) is 0 Å². The maximum atomic E-state index is 11.7. The highest BCUT2D eigenvalue weighted by molar-refractivity contribution is 6.30. The van der Waals surface area contributed by atoms with Gasteiger partial charge in [-0.2, -0.15) is 0 Å². The number of benzene rings is 1. The molecule has 1 unspecified atom stereocenters. The van der Waals surface area contributed by atoms with Crippen molar-refractivity contribution in [1.82, 2.24) is 4.90 Å². The van der Waals surface area contributed by atoms with Gasteiger partial charge in [-0.15, -0.1) is 11.6 Å². The van der Waals surface area contributed by atoms with E-state index in [1.54, 1.807) is 0 Å². The third-order valence-electron chi connectivity index (χ3n) is 2.69. The van der Waals surface area contributed by atoms with E-state index < -0.39 is 5.38 Å². The molecule has 2 nitrogen and oxygen atoms in total. The van der Waals surface area contributed by atoms with Crippen LogP contribution in [0.4, 0.5) is 0 Å². The van der Waals surface area contributed by atoms with Gasteiger partial charge in [-0.05, 0) is 18.4 Å². The van der Waals surface area contributed by atoms with Crippen LogP contribution in [0, 0.1) is 0 Å². The van der Waals surface area contributed by atoms with E-state index in [2.05, 4.69) is 0 Å². The van der Waals surface area contributed by atoms with Gasteiger partial charge in [0.2, 0.25) is 5.91 Å². The molecule has 0 aliphatic carbocycles. The van der Waals surface area contributed by atoms with E-state index in [4.69, 9.17) is 11.6 Å². The van der Waals surface area contributed by atoms with Crippen LogP contribution in [0.15, 0.2) is 30.3 Å². The largest absolute Gasteiger partial charge is 0.341 e. The lowest BCUT2D eigenvalue weighted by molar-refractivity contribution is -0.134. The standard InChI is InChI=1S/C12H14ClNO/c13-11(12(15)14-7-4-8-14)9-10-5-2-1-3-6-10/h1-3,5-6,11H,4,7-9H2. The second-order valence-corrected chi connectivity index (χ2v) is 4.36. The first-order chi connectivity index (χ1) is 7.27. The van der Waals surface area contributed by atoms with Crippen LogP contribution in [-0.2, 0) is 11.2 Å². The second-order valence-electron chi connectivity index (χ2n) is 3.84. The van der Waals surface area contributed by atoms with Gasteiger partial charge in [-0.1, -0.05) is 30.3 Å². The summed E-state index contributed by atoms with van der Waals surface area (Å²) in [6.45, 7) is 1.74. The van der Waals surface area contributed by atoms with Crippen LogP contribution in [0.3, 0.4) is 0 Å². The molecule has 80 valence electrons. The van der Waals surface area contributed by atoms with Crippen LogP contribution in [0.2, 0.25) is 0 Å². The number of hydrogen-bond donors (Lipinski definition) is 0. The predicted octanol–water partition coefficient (Wildman–Crippen LogP) is 2.07. The minimum absolute atomic E-state index is 0.0757. The van der Waals surface area contributed by atoms with Gasteiger partial charge >= 0.3 is 0 Å². The number of rotatable bonds is 3. The highest BCUT2D eigenvalue weighted by atomic mass is 35.5. The topological polar surface area (TPSA) is 20.3 Å². The zero-order valence-electron chi connectivity index (χ0n) is 8.53. The molecule has 1 aromatic rings. The molecule has 1 heterocycles. The Morgan fingerprint density at radius 2 is 2.00 bits per heavy atom. The molecule has 0 saturated carbocycles. The summed E-state index contributed by atoms with van der Waals surface area (Å²) in [5.74, 6) is 0.0757. The average molecular weight is 224 g/mol. The van der Waals surface area contributed by atoms with Gasteiger partial charge in [-0.25, -0.2) is 0 Å². The Morgan fingerprint density at radius 1 is 1.33 bits per heavy atom. The molecule has 1 aliphatic heterocycles. The summed E-state index contributed by atoms with van der Waals surface area (Å²) in [6, 6.07) is 9.89. The smallest absolute Gasteiger partial charge is 0.240 e. The molecule has 0 radical (unpaired) electrons. The molecule has 0 aromatic heterocycles. The molecule has 0 spiro atoms. The summed E-state index contributed by atoms with van der Waals surface area (Å²) < 4.78 is 0. The fraction of sp³-hybridized carbons (Fsp3) is 0.417. The average Bonchev–Trinajstić information content (AvgIpc) is 2.16. The monoisotopic (exact) mass is 223 g/mol.